The molecule has 31 heavy (non-hydrogen) atoms. The summed E-state index contributed by atoms with van der Waals surface area (Å²) in [6.07, 6.45) is -1.01. The minimum absolute atomic E-state index is 0.0560. The Morgan fingerprint density at radius 2 is 1.74 bits per heavy atom. The molecule has 0 spiro atoms. The molecule has 6 nitrogen and oxygen atoms in total. The van der Waals surface area contributed by atoms with Crippen LogP contribution in [0.4, 0.5) is 13.6 Å². The van der Waals surface area contributed by atoms with E-state index in [0.29, 0.717) is 18.4 Å². The van der Waals surface area contributed by atoms with Crippen molar-refractivity contribution in [2.45, 2.75) is 62.7 Å². The molecular weight excluding hydrogens is 408 g/mol. The van der Waals surface area contributed by atoms with Gasteiger partial charge < -0.3 is 24.2 Å². The van der Waals surface area contributed by atoms with Crippen LogP contribution in [0.25, 0.3) is 0 Å². The number of alkyl halides is 2. The normalized spacial score (nSPS) is 28.3. The molecule has 0 saturated carbocycles. The van der Waals surface area contributed by atoms with Gasteiger partial charge in [-0.3, -0.25) is 0 Å². The van der Waals surface area contributed by atoms with Crippen LogP contribution in [0.5, 0.6) is 11.5 Å². The molecule has 2 bridgehead atoms. The van der Waals surface area contributed by atoms with Gasteiger partial charge in [-0.2, -0.15) is 0 Å². The molecule has 2 aromatic rings. The Morgan fingerprint density at radius 3 is 2.45 bits per heavy atom. The first-order valence-corrected chi connectivity index (χ1v) is 10.4. The molecule has 1 amide bonds. The summed E-state index contributed by atoms with van der Waals surface area (Å²) in [6.45, 7) is 0.191. The van der Waals surface area contributed by atoms with Crippen molar-refractivity contribution in [1.82, 2.24) is 4.90 Å². The number of nitrogens with zero attached hydrogens (tertiary/aromatic N) is 1. The number of ether oxygens (including phenoxy) is 3. The highest BCUT2D eigenvalue weighted by atomic mass is 19.3. The molecule has 3 aliphatic heterocycles. The smallest absolute Gasteiger partial charge is 0.445 e. The van der Waals surface area contributed by atoms with Crippen molar-refractivity contribution < 1.29 is 32.9 Å². The van der Waals surface area contributed by atoms with Gasteiger partial charge in [0.1, 0.15) is 6.61 Å². The maximum absolute atomic E-state index is 13.4. The number of carbonyl (C=O) groups excluding carboxylic acids is 1. The lowest BCUT2D eigenvalue weighted by atomic mass is 9.72. The zero-order valence-electron chi connectivity index (χ0n) is 16.8. The molecule has 0 aromatic heterocycles. The van der Waals surface area contributed by atoms with Crippen LogP contribution in [-0.4, -0.2) is 34.5 Å². The summed E-state index contributed by atoms with van der Waals surface area (Å²) in [6, 6.07) is 13.5. The summed E-state index contributed by atoms with van der Waals surface area (Å²) in [5.74, 6) is -0.148. The second-order valence-corrected chi connectivity index (χ2v) is 8.45. The first kappa shape index (κ1) is 20.1. The van der Waals surface area contributed by atoms with Crippen LogP contribution < -0.4 is 9.47 Å². The van der Waals surface area contributed by atoms with Gasteiger partial charge in [0.2, 0.25) is 0 Å². The number of amides is 1. The summed E-state index contributed by atoms with van der Waals surface area (Å²) in [4.78, 5) is 14.6. The van der Waals surface area contributed by atoms with Crippen LogP contribution in [0.1, 0.15) is 43.2 Å². The second kappa shape index (κ2) is 7.37. The van der Waals surface area contributed by atoms with Crippen molar-refractivity contribution in [3.8, 4) is 11.5 Å². The Kier molecular flexibility index (Phi) is 4.77. The van der Waals surface area contributed by atoms with Crippen LogP contribution in [0.2, 0.25) is 0 Å². The Morgan fingerprint density at radius 1 is 1.06 bits per heavy atom. The number of piperidine rings is 2. The molecule has 2 fully saturated rings. The third kappa shape index (κ3) is 3.80. The number of halogens is 2. The summed E-state index contributed by atoms with van der Waals surface area (Å²) < 4.78 is 41.3. The predicted octanol–water partition coefficient (Wildman–Crippen LogP) is 4.55. The van der Waals surface area contributed by atoms with Gasteiger partial charge in [0.05, 0.1) is 5.60 Å². The van der Waals surface area contributed by atoms with Crippen molar-refractivity contribution in [3.05, 3.63) is 59.7 Å². The van der Waals surface area contributed by atoms with E-state index in [1.165, 1.54) is 12.1 Å². The highest BCUT2D eigenvalue weighted by Crippen LogP contribution is 2.48. The lowest BCUT2D eigenvalue weighted by Crippen LogP contribution is -2.58. The molecular formula is C23H23F2NO5. The topological polar surface area (TPSA) is 68.2 Å². The second-order valence-electron chi connectivity index (χ2n) is 8.45. The van der Waals surface area contributed by atoms with E-state index in [9.17, 15) is 18.7 Å². The zero-order valence-corrected chi connectivity index (χ0v) is 16.8. The molecule has 2 saturated heterocycles. The van der Waals surface area contributed by atoms with Gasteiger partial charge in [0, 0.05) is 24.9 Å². The highest BCUT2D eigenvalue weighted by Gasteiger charge is 2.50. The molecule has 0 aliphatic carbocycles. The van der Waals surface area contributed by atoms with Gasteiger partial charge in [0.15, 0.2) is 11.5 Å². The van der Waals surface area contributed by atoms with Gasteiger partial charge in [0.25, 0.3) is 0 Å². The third-order valence-corrected chi connectivity index (χ3v) is 6.36. The fourth-order valence-corrected chi connectivity index (χ4v) is 5.00. The van der Waals surface area contributed by atoms with Crippen LogP contribution in [-0.2, 0) is 16.9 Å². The molecule has 2 atom stereocenters. The van der Waals surface area contributed by atoms with Gasteiger partial charge in [-0.15, -0.1) is 8.78 Å². The van der Waals surface area contributed by atoms with Crippen molar-refractivity contribution >= 4 is 6.09 Å². The number of hydrogen-bond acceptors (Lipinski definition) is 5. The molecule has 8 heteroatoms. The lowest BCUT2D eigenvalue weighted by molar-refractivity contribution is -0.286. The van der Waals surface area contributed by atoms with E-state index in [1.807, 2.05) is 30.3 Å². The molecule has 2 unspecified atom stereocenters. The van der Waals surface area contributed by atoms with E-state index in [-0.39, 0.29) is 36.3 Å². The van der Waals surface area contributed by atoms with E-state index in [0.717, 1.165) is 24.8 Å². The number of aliphatic hydroxyl groups is 1. The highest BCUT2D eigenvalue weighted by molar-refractivity contribution is 5.69. The summed E-state index contributed by atoms with van der Waals surface area (Å²) >= 11 is 0. The van der Waals surface area contributed by atoms with Gasteiger partial charge in [-0.25, -0.2) is 4.79 Å². The predicted molar refractivity (Wildman–Crippen MR) is 106 cm³/mol. The van der Waals surface area contributed by atoms with E-state index in [1.54, 1.807) is 11.0 Å². The van der Waals surface area contributed by atoms with Crippen molar-refractivity contribution in [2.24, 2.45) is 0 Å². The fourth-order valence-electron chi connectivity index (χ4n) is 5.00. The largest absolute Gasteiger partial charge is 0.586 e. The quantitative estimate of drug-likeness (QED) is 0.772. The van der Waals surface area contributed by atoms with Crippen LogP contribution in [0.3, 0.4) is 0 Å². The van der Waals surface area contributed by atoms with E-state index in [2.05, 4.69) is 9.47 Å². The summed E-state index contributed by atoms with van der Waals surface area (Å²) in [5.41, 5.74) is 0.149. The standard InChI is InChI=1S/C23H23F2NO5/c24-23(25)30-19-10-9-16(11-20(19)31-23)22(28)12-17-7-4-8-18(13-22)26(17)21(27)29-14-15-5-2-1-3-6-15/h1-3,5-6,9-11,17-18,28H,4,7-8,12-14H2. The first-order chi connectivity index (χ1) is 14.8. The molecule has 5 rings (SSSR count). The molecule has 1 N–H and O–H groups in total. The van der Waals surface area contributed by atoms with Gasteiger partial charge >= 0.3 is 12.4 Å². The summed E-state index contributed by atoms with van der Waals surface area (Å²) in [5, 5.41) is 11.5. The minimum Gasteiger partial charge on any atom is -0.445 e. The molecule has 2 aromatic carbocycles. The Labute approximate surface area is 178 Å². The average Bonchev–Trinajstić information content (AvgIpc) is 3.05. The third-order valence-electron chi connectivity index (χ3n) is 6.36. The van der Waals surface area contributed by atoms with Crippen LogP contribution >= 0.6 is 0 Å². The fraction of sp³-hybridized carbons (Fsp3) is 0.435. The van der Waals surface area contributed by atoms with Crippen molar-refractivity contribution in [1.29, 1.82) is 0 Å². The van der Waals surface area contributed by atoms with E-state index in [4.69, 9.17) is 4.74 Å². The van der Waals surface area contributed by atoms with Crippen molar-refractivity contribution in [2.75, 3.05) is 0 Å². The van der Waals surface area contributed by atoms with Gasteiger partial charge in [-0.1, -0.05) is 36.4 Å². The zero-order chi connectivity index (χ0) is 21.6. The molecule has 3 heterocycles. The first-order valence-electron chi connectivity index (χ1n) is 10.4. The maximum atomic E-state index is 13.4. The van der Waals surface area contributed by atoms with Crippen molar-refractivity contribution in [3.63, 3.8) is 0 Å². The number of benzene rings is 2. The maximum Gasteiger partial charge on any atom is 0.586 e. The molecule has 164 valence electrons. The Balaban J connectivity index is 1.32. The monoisotopic (exact) mass is 431 g/mol. The number of carbonyl (C=O) groups is 1. The number of fused-ring (bicyclic) bond motifs is 3. The van der Waals surface area contributed by atoms with E-state index >= 15 is 0 Å². The average molecular weight is 431 g/mol. The Hall–Kier alpha value is -2.87. The Bertz CT molecular complexity index is 969. The van der Waals surface area contributed by atoms with Gasteiger partial charge in [-0.05, 0) is 42.5 Å². The van der Waals surface area contributed by atoms with Crippen LogP contribution in [0, 0.1) is 0 Å². The number of rotatable bonds is 3. The van der Waals surface area contributed by atoms with Crippen LogP contribution in [0.15, 0.2) is 48.5 Å². The minimum atomic E-state index is -3.70. The summed E-state index contributed by atoms with van der Waals surface area (Å²) in [7, 11) is 0. The van der Waals surface area contributed by atoms with E-state index < -0.39 is 11.9 Å². The number of hydrogen-bond donors (Lipinski definition) is 1. The molecule has 0 radical (unpaired) electrons. The molecule has 3 aliphatic rings. The lowest BCUT2D eigenvalue weighted by Gasteiger charge is -2.51. The SMILES string of the molecule is O=C(OCc1ccccc1)N1C2CCCC1CC(O)(c1ccc3c(c1)OC(F)(F)O3)C2.